The molecule has 0 amide bonds. The summed E-state index contributed by atoms with van der Waals surface area (Å²) in [4.78, 5) is 11.6. The highest BCUT2D eigenvalue weighted by Crippen LogP contribution is 2.29. The molecule has 0 aromatic carbocycles. The minimum atomic E-state index is -4.47. The van der Waals surface area contributed by atoms with Crippen molar-refractivity contribution in [1.82, 2.24) is 9.78 Å². The van der Waals surface area contributed by atoms with Gasteiger partial charge in [0.15, 0.2) is 5.69 Å². The number of methoxy groups -OCH3 is 1. The SMILES string of the molecule is COC(=O)c1nn(CC(F)(F)F)c(N)c1CC(C)(C)C. The number of alkyl halides is 3. The van der Waals surface area contributed by atoms with E-state index in [-0.39, 0.29) is 22.5 Å². The standard InChI is InChI=1S/C12H18F3N3O2/c1-11(2,3)5-7-8(10(19)20-4)17-18(9(7)16)6-12(13,14)15/h5-6,16H2,1-4H3. The molecule has 2 N–H and O–H groups in total. The van der Waals surface area contributed by atoms with E-state index in [1.165, 1.54) is 0 Å². The lowest BCUT2D eigenvalue weighted by atomic mass is 9.88. The van der Waals surface area contributed by atoms with Gasteiger partial charge in [-0.1, -0.05) is 20.8 Å². The molecule has 1 rings (SSSR count). The molecule has 20 heavy (non-hydrogen) atoms. The minimum Gasteiger partial charge on any atom is -0.464 e. The Labute approximate surface area is 114 Å². The van der Waals surface area contributed by atoms with Crippen molar-refractivity contribution in [2.24, 2.45) is 5.41 Å². The van der Waals surface area contributed by atoms with Crippen LogP contribution in [0, 0.1) is 5.41 Å². The summed E-state index contributed by atoms with van der Waals surface area (Å²) in [6.07, 6.45) is -4.15. The summed E-state index contributed by atoms with van der Waals surface area (Å²) in [6, 6.07) is 0. The molecule has 0 saturated heterocycles. The highest BCUT2D eigenvalue weighted by molar-refractivity contribution is 5.90. The van der Waals surface area contributed by atoms with Gasteiger partial charge in [-0.2, -0.15) is 18.3 Å². The number of hydrogen-bond acceptors (Lipinski definition) is 4. The first-order valence-electron chi connectivity index (χ1n) is 5.95. The summed E-state index contributed by atoms with van der Waals surface area (Å²) in [7, 11) is 1.14. The first-order valence-corrected chi connectivity index (χ1v) is 5.95. The number of nitrogens with zero attached hydrogens (tertiary/aromatic N) is 2. The summed E-state index contributed by atoms with van der Waals surface area (Å²) < 4.78 is 42.5. The minimum absolute atomic E-state index is 0.155. The van der Waals surface area contributed by atoms with E-state index in [0.717, 1.165) is 7.11 Å². The molecule has 0 unspecified atom stereocenters. The van der Waals surface area contributed by atoms with Gasteiger partial charge in [-0.05, 0) is 11.8 Å². The van der Waals surface area contributed by atoms with Crippen LogP contribution in [0.1, 0.15) is 36.8 Å². The number of hydrogen-bond donors (Lipinski definition) is 1. The van der Waals surface area contributed by atoms with Crippen molar-refractivity contribution in [3.8, 4) is 0 Å². The van der Waals surface area contributed by atoms with Crippen molar-refractivity contribution in [3.05, 3.63) is 11.3 Å². The molecule has 0 saturated carbocycles. The Balaban J connectivity index is 3.28. The molecule has 8 heteroatoms. The van der Waals surface area contributed by atoms with Crippen LogP contribution in [0.2, 0.25) is 0 Å². The van der Waals surface area contributed by atoms with Crippen LogP contribution in [0.25, 0.3) is 0 Å². The molecule has 1 aromatic rings. The molecule has 0 spiro atoms. The van der Waals surface area contributed by atoms with Crippen molar-refractivity contribution in [1.29, 1.82) is 0 Å². The van der Waals surface area contributed by atoms with Gasteiger partial charge in [-0.3, -0.25) is 0 Å². The number of halogens is 3. The number of carbonyl (C=O) groups is 1. The second-order valence-electron chi connectivity index (χ2n) is 5.71. The molecule has 114 valence electrons. The van der Waals surface area contributed by atoms with E-state index in [1.807, 2.05) is 20.8 Å². The van der Waals surface area contributed by atoms with Crippen LogP contribution in [0.3, 0.4) is 0 Å². The molecule has 0 aliphatic carbocycles. The summed E-state index contributed by atoms with van der Waals surface area (Å²) in [5.41, 5.74) is 5.57. The Hall–Kier alpha value is -1.73. The highest BCUT2D eigenvalue weighted by atomic mass is 19.4. The van der Waals surface area contributed by atoms with Gasteiger partial charge < -0.3 is 10.5 Å². The van der Waals surface area contributed by atoms with E-state index in [9.17, 15) is 18.0 Å². The molecule has 5 nitrogen and oxygen atoms in total. The zero-order valence-electron chi connectivity index (χ0n) is 11.8. The van der Waals surface area contributed by atoms with E-state index in [2.05, 4.69) is 9.84 Å². The molecular formula is C12H18F3N3O2. The lowest BCUT2D eigenvalue weighted by molar-refractivity contribution is -0.142. The normalized spacial score (nSPS) is 12.6. The molecule has 0 bridgehead atoms. The fourth-order valence-electron chi connectivity index (χ4n) is 1.77. The van der Waals surface area contributed by atoms with E-state index in [0.29, 0.717) is 11.1 Å². The number of ether oxygens (including phenoxy) is 1. The Bertz CT molecular complexity index is 501. The molecule has 0 radical (unpaired) electrons. The number of nitrogen functional groups attached to an aromatic ring is 1. The number of nitrogens with two attached hydrogens (primary N) is 1. The van der Waals surface area contributed by atoms with E-state index in [1.54, 1.807) is 0 Å². The van der Waals surface area contributed by atoms with Crippen molar-refractivity contribution in [2.45, 2.75) is 39.9 Å². The molecular weight excluding hydrogens is 275 g/mol. The van der Waals surface area contributed by atoms with Gasteiger partial charge in [0.25, 0.3) is 0 Å². The summed E-state index contributed by atoms with van der Waals surface area (Å²) in [6.45, 7) is 4.31. The Kier molecular flexibility index (Phi) is 4.36. The van der Waals surface area contributed by atoms with Crippen LogP contribution < -0.4 is 5.73 Å². The Morgan fingerprint density at radius 1 is 1.35 bits per heavy atom. The van der Waals surface area contributed by atoms with Crippen molar-refractivity contribution in [2.75, 3.05) is 12.8 Å². The highest BCUT2D eigenvalue weighted by Gasteiger charge is 2.33. The predicted octanol–water partition coefficient (Wildman–Crippen LogP) is 2.40. The van der Waals surface area contributed by atoms with E-state index in [4.69, 9.17) is 5.73 Å². The third-order valence-electron chi connectivity index (χ3n) is 2.51. The van der Waals surface area contributed by atoms with Crippen LogP contribution >= 0.6 is 0 Å². The maximum atomic E-state index is 12.5. The second-order valence-corrected chi connectivity index (χ2v) is 5.71. The van der Waals surface area contributed by atoms with E-state index < -0.39 is 18.7 Å². The quantitative estimate of drug-likeness (QED) is 0.869. The molecule has 0 atom stereocenters. The lowest BCUT2D eigenvalue weighted by Crippen LogP contribution is -2.20. The topological polar surface area (TPSA) is 70.1 Å². The molecule has 0 aliphatic heterocycles. The maximum Gasteiger partial charge on any atom is 0.408 e. The number of aromatic nitrogens is 2. The second kappa shape index (κ2) is 5.34. The van der Waals surface area contributed by atoms with E-state index >= 15 is 0 Å². The number of carbonyl (C=O) groups excluding carboxylic acids is 1. The van der Waals surface area contributed by atoms with Gasteiger partial charge in [-0.15, -0.1) is 0 Å². The van der Waals surface area contributed by atoms with Gasteiger partial charge in [-0.25, -0.2) is 9.48 Å². The van der Waals surface area contributed by atoms with Crippen LogP contribution in [-0.4, -0.2) is 29.0 Å². The molecule has 0 aliphatic rings. The van der Waals surface area contributed by atoms with Crippen molar-refractivity contribution in [3.63, 3.8) is 0 Å². The first kappa shape index (κ1) is 16.3. The van der Waals surface area contributed by atoms with Crippen molar-refractivity contribution < 1.29 is 22.7 Å². The van der Waals surface area contributed by atoms with Gasteiger partial charge in [0, 0.05) is 5.56 Å². The smallest absolute Gasteiger partial charge is 0.408 e. The molecule has 1 heterocycles. The van der Waals surface area contributed by atoms with Crippen LogP contribution in [0.5, 0.6) is 0 Å². The average Bonchev–Trinajstić information content (AvgIpc) is 2.53. The number of anilines is 1. The van der Waals surface area contributed by atoms with Gasteiger partial charge >= 0.3 is 12.1 Å². The van der Waals surface area contributed by atoms with Crippen LogP contribution in [0.15, 0.2) is 0 Å². The molecule has 0 fully saturated rings. The summed E-state index contributed by atoms with van der Waals surface area (Å²) in [5.74, 6) is -0.950. The molecule has 1 aromatic heterocycles. The predicted molar refractivity (Wildman–Crippen MR) is 67.2 cm³/mol. The summed E-state index contributed by atoms with van der Waals surface area (Å²) in [5, 5.41) is 3.65. The number of esters is 1. The van der Waals surface area contributed by atoms with Crippen LogP contribution in [-0.2, 0) is 17.7 Å². The third kappa shape index (κ3) is 4.14. The fourth-order valence-corrected chi connectivity index (χ4v) is 1.77. The zero-order valence-corrected chi connectivity index (χ0v) is 11.8. The van der Waals surface area contributed by atoms with Gasteiger partial charge in [0.2, 0.25) is 0 Å². The Morgan fingerprint density at radius 3 is 2.30 bits per heavy atom. The monoisotopic (exact) mass is 293 g/mol. The van der Waals surface area contributed by atoms with Gasteiger partial charge in [0.1, 0.15) is 12.4 Å². The maximum absolute atomic E-state index is 12.5. The average molecular weight is 293 g/mol. The first-order chi connectivity index (χ1) is 8.94. The van der Waals surface area contributed by atoms with Crippen LogP contribution in [0.4, 0.5) is 19.0 Å². The lowest BCUT2D eigenvalue weighted by Gasteiger charge is -2.18. The van der Waals surface area contributed by atoms with Crippen molar-refractivity contribution >= 4 is 11.8 Å². The fraction of sp³-hybridized carbons (Fsp3) is 0.667. The third-order valence-corrected chi connectivity index (χ3v) is 2.51. The van der Waals surface area contributed by atoms with Gasteiger partial charge in [0.05, 0.1) is 7.11 Å². The Morgan fingerprint density at radius 2 is 1.90 bits per heavy atom. The summed E-state index contributed by atoms with van der Waals surface area (Å²) >= 11 is 0. The zero-order chi connectivity index (χ0) is 15.7. The number of rotatable bonds is 3. The largest absolute Gasteiger partial charge is 0.464 e.